The number of carbonyl (C=O) groups excluding carboxylic acids is 2. The summed E-state index contributed by atoms with van der Waals surface area (Å²) in [6.07, 6.45) is 3.70. The maximum absolute atomic E-state index is 12.7. The van der Waals surface area contributed by atoms with Gasteiger partial charge in [-0.1, -0.05) is 93.6 Å². The zero-order valence-electron chi connectivity index (χ0n) is 22.6. The number of carbonyl (C=O) groups is 3. The lowest BCUT2D eigenvalue weighted by Crippen LogP contribution is -2.20. The second-order valence-electron chi connectivity index (χ2n) is 10.8. The lowest BCUT2D eigenvalue weighted by atomic mass is 9.86. The average molecular weight is 521 g/mol. The quantitative estimate of drug-likeness (QED) is 0.243. The maximum atomic E-state index is 12.7. The number of nitrogens with zero attached hydrogens (tertiary/aromatic N) is 2. The molecule has 4 aromatic rings. The van der Waals surface area contributed by atoms with Crippen molar-refractivity contribution in [2.24, 2.45) is 5.92 Å². The molecule has 1 aromatic heterocycles. The summed E-state index contributed by atoms with van der Waals surface area (Å²) < 4.78 is 0. The van der Waals surface area contributed by atoms with Gasteiger partial charge in [0.25, 0.3) is 0 Å². The van der Waals surface area contributed by atoms with Crippen LogP contribution in [0.25, 0.3) is 22.5 Å². The van der Waals surface area contributed by atoms with Gasteiger partial charge in [-0.25, -0.2) is 9.97 Å². The molecule has 0 unspecified atom stereocenters. The molecule has 39 heavy (non-hydrogen) atoms. The van der Waals surface area contributed by atoms with Crippen LogP contribution in [0.2, 0.25) is 0 Å². The highest BCUT2D eigenvalue weighted by molar-refractivity contribution is 6.00. The fourth-order valence-electron chi connectivity index (χ4n) is 4.34. The van der Waals surface area contributed by atoms with E-state index in [1.54, 1.807) is 36.7 Å². The minimum Gasteiger partial charge on any atom is -0.481 e. The predicted octanol–water partition coefficient (Wildman–Crippen LogP) is 6.83. The van der Waals surface area contributed by atoms with Crippen molar-refractivity contribution in [3.63, 3.8) is 0 Å². The van der Waals surface area contributed by atoms with Gasteiger partial charge in [0, 0.05) is 41.1 Å². The van der Waals surface area contributed by atoms with Crippen LogP contribution in [-0.2, 0) is 16.6 Å². The minimum absolute atomic E-state index is 0.0897. The van der Waals surface area contributed by atoms with Gasteiger partial charge in [-0.3, -0.25) is 14.4 Å². The zero-order chi connectivity index (χ0) is 28.2. The highest BCUT2D eigenvalue weighted by Crippen LogP contribution is 2.26. The monoisotopic (exact) mass is 520 g/mol. The molecule has 0 amide bonds. The number of carboxylic acid groups (broad SMARTS) is 1. The first-order valence-electron chi connectivity index (χ1n) is 12.9. The Labute approximate surface area is 228 Å². The number of hydrogen-bond donors (Lipinski definition) is 1. The number of aliphatic carboxylic acids is 1. The Hall–Kier alpha value is -4.45. The Morgan fingerprint density at radius 3 is 1.79 bits per heavy atom. The lowest BCUT2D eigenvalue weighted by molar-refractivity contribution is -0.141. The molecule has 0 fully saturated rings. The lowest BCUT2D eigenvalue weighted by Gasteiger charge is -2.19. The summed E-state index contributed by atoms with van der Waals surface area (Å²) in [4.78, 5) is 45.1. The van der Waals surface area contributed by atoms with Gasteiger partial charge in [0.2, 0.25) is 0 Å². The highest BCUT2D eigenvalue weighted by Gasteiger charge is 2.23. The molecule has 0 bridgehead atoms. The number of aromatic nitrogens is 2. The standard InChI is InChI=1S/C33H32N2O4/c1-21(36)23-9-11-25(12-10-23)30(37)18-27(32(38)39)17-22-5-7-26(8-6-22)31-34-19-28(20-35-31)24-13-15-29(16-14-24)33(2,3)4/h5-16,19-20,27H,17-18H2,1-4H3,(H,38,39)/t27-/m1/s1. The molecular formula is C33H32N2O4. The SMILES string of the molecule is CC(=O)c1ccc(C(=O)C[C@@H](Cc2ccc(-c3ncc(-c4ccc(C(C)(C)C)cc4)cn3)cc2)C(=O)O)cc1. The Morgan fingerprint density at radius 1 is 0.744 bits per heavy atom. The number of carboxylic acids is 1. The van der Waals surface area contributed by atoms with E-state index in [1.165, 1.54) is 12.5 Å². The molecule has 0 saturated carbocycles. The molecule has 0 aliphatic heterocycles. The van der Waals surface area contributed by atoms with Crippen LogP contribution in [0.15, 0.2) is 85.2 Å². The minimum atomic E-state index is -1.03. The first kappa shape index (κ1) is 27.6. The van der Waals surface area contributed by atoms with Gasteiger partial charge in [0.1, 0.15) is 0 Å². The molecular weight excluding hydrogens is 488 g/mol. The largest absolute Gasteiger partial charge is 0.481 e. The van der Waals surface area contributed by atoms with E-state index in [9.17, 15) is 19.5 Å². The molecule has 0 spiro atoms. The van der Waals surface area contributed by atoms with Gasteiger partial charge in [0.15, 0.2) is 17.4 Å². The van der Waals surface area contributed by atoms with Gasteiger partial charge < -0.3 is 5.11 Å². The van der Waals surface area contributed by atoms with Crippen molar-refractivity contribution in [2.75, 3.05) is 0 Å². The second-order valence-corrected chi connectivity index (χ2v) is 10.8. The number of hydrogen-bond acceptors (Lipinski definition) is 5. The van der Waals surface area contributed by atoms with Crippen LogP contribution < -0.4 is 0 Å². The fourth-order valence-corrected chi connectivity index (χ4v) is 4.34. The molecule has 1 N–H and O–H groups in total. The van der Waals surface area contributed by atoms with Gasteiger partial charge in [-0.15, -0.1) is 0 Å². The van der Waals surface area contributed by atoms with Gasteiger partial charge >= 0.3 is 5.97 Å². The summed E-state index contributed by atoms with van der Waals surface area (Å²) in [5.41, 5.74) is 5.87. The molecule has 1 atom stereocenters. The Balaban J connectivity index is 1.41. The zero-order valence-corrected chi connectivity index (χ0v) is 22.6. The van der Waals surface area contributed by atoms with Crippen LogP contribution in [-0.4, -0.2) is 32.6 Å². The smallest absolute Gasteiger partial charge is 0.307 e. The highest BCUT2D eigenvalue weighted by atomic mass is 16.4. The van der Waals surface area contributed by atoms with Gasteiger partial charge in [-0.05, 0) is 35.4 Å². The summed E-state index contributed by atoms with van der Waals surface area (Å²) in [5, 5.41) is 9.74. The molecule has 0 aliphatic rings. The van der Waals surface area contributed by atoms with E-state index in [1.807, 2.05) is 24.3 Å². The van der Waals surface area contributed by atoms with E-state index >= 15 is 0 Å². The third-order valence-corrected chi connectivity index (χ3v) is 6.82. The van der Waals surface area contributed by atoms with E-state index in [2.05, 4.69) is 55.0 Å². The topological polar surface area (TPSA) is 97.2 Å². The van der Waals surface area contributed by atoms with Crippen LogP contribution in [0.1, 0.15) is 66.0 Å². The Morgan fingerprint density at radius 2 is 1.28 bits per heavy atom. The second kappa shape index (κ2) is 11.5. The molecule has 1 heterocycles. The van der Waals surface area contributed by atoms with Crippen molar-refractivity contribution in [3.05, 3.63) is 107 Å². The first-order valence-corrected chi connectivity index (χ1v) is 12.9. The normalized spacial score (nSPS) is 12.1. The predicted molar refractivity (Wildman–Crippen MR) is 152 cm³/mol. The average Bonchev–Trinajstić information content (AvgIpc) is 2.92. The van der Waals surface area contributed by atoms with E-state index in [0.29, 0.717) is 17.0 Å². The summed E-state index contributed by atoms with van der Waals surface area (Å²) in [6, 6.07) is 22.2. The van der Waals surface area contributed by atoms with Crippen LogP contribution >= 0.6 is 0 Å². The van der Waals surface area contributed by atoms with Crippen molar-refractivity contribution in [1.82, 2.24) is 9.97 Å². The molecule has 0 saturated heterocycles. The summed E-state index contributed by atoms with van der Waals surface area (Å²) >= 11 is 0. The molecule has 6 nitrogen and oxygen atoms in total. The van der Waals surface area contributed by atoms with Crippen molar-refractivity contribution in [3.8, 4) is 22.5 Å². The summed E-state index contributed by atoms with van der Waals surface area (Å²) in [7, 11) is 0. The number of rotatable bonds is 9. The first-order chi connectivity index (χ1) is 18.5. The van der Waals surface area contributed by atoms with Crippen LogP contribution in [0, 0.1) is 5.92 Å². The third kappa shape index (κ3) is 6.90. The van der Waals surface area contributed by atoms with Gasteiger partial charge in [-0.2, -0.15) is 0 Å². The van der Waals surface area contributed by atoms with Crippen LogP contribution in [0.4, 0.5) is 0 Å². The van der Waals surface area contributed by atoms with Crippen molar-refractivity contribution in [2.45, 2.75) is 46.0 Å². The summed E-state index contributed by atoms with van der Waals surface area (Å²) in [5.74, 6) is -1.67. The van der Waals surface area contributed by atoms with Crippen LogP contribution in [0.5, 0.6) is 0 Å². The molecule has 6 heteroatoms. The molecule has 0 aliphatic carbocycles. The fraction of sp³-hybridized carbons (Fsp3) is 0.242. The van der Waals surface area contributed by atoms with E-state index in [-0.39, 0.29) is 29.8 Å². The number of Topliss-reactive ketones (excluding diaryl/α,β-unsaturated/α-hetero) is 2. The van der Waals surface area contributed by atoms with Gasteiger partial charge in [0.05, 0.1) is 5.92 Å². The van der Waals surface area contributed by atoms with Crippen LogP contribution in [0.3, 0.4) is 0 Å². The third-order valence-electron chi connectivity index (χ3n) is 6.82. The number of benzene rings is 3. The van der Waals surface area contributed by atoms with Crippen molar-refractivity contribution >= 4 is 17.5 Å². The summed E-state index contributed by atoms with van der Waals surface area (Å²) in [6.45, 7) is 8.01. The van der Waals surface area contributed by atoms with E-state index < -0.39 is 11.9 Å². The molecule has 3 aromatic carbocycles. The van der Waals surface area contributed by atoms with Crippen molar-refractivity contribution in [1.29, 1.82) is 0 Å². The molecule has 198 valence electrons. The van der Waals surface area contributed by atoms with Crippen molar-refractivity contribution < 1.29 is 19.5 Å². The molecule has 0 radical (unpaired) electrons. The Bertz CT molecular complexity index is 1470. The maximum Gasteiger partial charge on any atom is 0.307 e. The Kier molecular flexibility index (Phi) is 8.15. The number of ketones is 2. The van der Waals surface area contributed by atoms with E-state index in [4.69, 9.17) is 0 Å². The van der Waals surface area contributed by atoms with E-state index in [0.717, 1.165) is 22.3 Å². The molecule has 4 rings (SSSR count).